The van der Waals surface area contributed by atoms with Gasteiger partial charge in [0.05, 0.1) is 11.0 Å². The van der Waals surface area contributed by atoms with Crippen LogP contribution in [0.25, 0.3) is 5.57 Å². The Bertz CT molecular complexity index is 844. The predicted octanol–water partition coefficient (Wildman–Crippen LogP) is 3.08. The topological polar surface area (TPSA) is 57.6 Å². The zero-order chi connectivity index (χ0) is 18.0. The lowest BCUT2D eigenvalue weighted by molar-refractivity contribution is 0.0803. The molecule has 0 bridgehead atoms. The Morgan fingerprint density at radius 2 is 1.76 bits per heavy atom. The molecule has 0 aliphatic carbocycles. The molecule has 1 aliphatic rings. The molecule has 1 heterocycles. The van der Waals surface area contributed by atoms with Crippen LogP contribution in [0.4, 0.5) is 0 Å². The van der Waals surface area contributed by atoms with E-state index in [2.05, 4.69) is 6.58 Å². The third-order valence-electron chi connectivity index (χ3n) is 4.79. The molecular formula is C20H23NO3S. The fourth-order valence-electron chi connectivity index (χ4n) is 3.20. The monoisotopic (exact) mass is 357 g/mol. The van der Waals surface area contributed by atoms with Crippen molar-refractivity contribution in [2.24, 2.45) is 5.92 Å². The van der Waals surface area contributed by atoms with Crippen LogP contribution in [0.5, 0.6) is 0 Å². The Balaban J connectivity index is 1.85. The van der Waals surface area contributed by atoms with Crippen molar-refractivity contribution in [1.29, 1.82) is 0 Å². The minimum atomic E-state index is -3.57. The van der Waals surface area contributed by atoms with Gasteiger partial charge in [0.15, 0.2) is 0 Å². The summed E-state index contributed by atoms with van der Waals surface area (Å²) in [5.41, 5.74) is 2.72. The summed E-state index contributed by atoms with van der Waals surface area (Å²) in [4.78, 5) is 0.290. The SMILES string of the molecule is C=C(c1ccccc1)[C@H]1CN(S(=O)(=O)c2ccc(C)cc2)CC[C@H]1O. The molecule has 25 heavy (non-hydrogen) atoms. The number of benzene rings is 2. The number of piperidine rings is 1. The summed E-state index contributed by atoms with van der Waals surface area (Å²) in [5, 5.41) is 10.4. The second-order valence-corrected chi connectivity index (χ2v) is 8.47. The first-order valence-electron chi connectivity index (χ1n) is 8.38. The summed E-state index contributed by atoms with van der Waals surface area (Å²) >= 11 is 0. The van der Waals surface area contributed by atoms with Gasteiger partial charge in [-0.15, -0.1) is 0 Å². The minimum Gasteiger partial charge on any atom is -0.392 e. The highest BCUT2D eigenvalue weighted by molar-refractivity contribution is 7.89. The van der Waals surface area contributed by atoms with Crippen LogP contribution in [0.15, 0.2) is 66.1 Å². The number of sulfonamides is 1. The van der Waals surface area contributed by atoms with Crippen molar-refractivity contribution < 1.29 is 13.5 Å². The van der Waals surface area contributed by atoms with Gasteiger partial charge in [-0.2, -0.15) is 4.31 Å². The van der Waals surface area contributed by atoms with E-state index in [1.807, 2.05) is 37.3 Å². The fraction of sp³-hybridized carbons (Fsp3) is 0.300. The molecule has 1 N–H and O–H groups in total. The molecule has 0 amide bonds. The summed E-state index contributed by atoms with van der Waals surface area (Å²) in [6.07, 6.45) is -0.182. The van der Waals surface area contributed by atoms with E-state index in [1.54, 1.807) is 24.3 Å². The highest BCUT2D eigenvalue weighted by Crippen LogP contribution is 2.32. The van der Waals surface area contributed by atoms with E-state index in [0.717, 1.165) is 16.7 Å². The molecule has 2 aromatic rings. The average molecular weight is 357 g/mol. The van der Waals surface area contributed by atoms with Crippen LogP contribution in [-0.4, -0.2) is 37.0 Å². The van der Waals surface area contributed by atoms with E-state index in [0.29, 0.717) is 17.9 Å². The molecule has 2 aromatic carbocycles. The Morgan fingerprint density at radius 1 is 1.12 bits per heavy atom. The summed E-state index contributed by atoms with van der Waals surface area (Å²) < 4.78 is 27.3. The number of aryl methyl sites for hydroxylation is 1. The smallest absolute Gasteiger partial charge is 0.243 e. The Hall–Kier alpha value is -1.95. The second kappa shape index (κ2) is 7.12. The van der Waals surface area contributed by atoms with E-state index in [4.69, 9.17) is 0 Å². The van der Waals surface area contributed by atoms with Crippen molar-refractivity contribution in [3.8, 4) is 0 Å². The van der Waals surface area contributed by atoms with Crippen LogP contribution in [-0.2, 0) is 10.0 Å². The Labute approximate surface area is 149 Å². The van der Waals surface area contributed by atoms with Gasteiger partial charge in [0.25, 0.3) is 0 Å². The number of hydrogen-bond donors (Lipinski definition) is 1. The van der Waals surface area contributed by atoms with Gasteiger partial charge < -0.3 is 5.11 Å². The predicted molar refractivity (Wildman–Crippen MR) is 99.5 cm³/mol. The zero-order valence-corrected chi connectivity index (χ0v) is 15.1. The maximum Gasteiger partial charge on any atom is 0.243 e. The maximum atomic E-state index is 12.9. The van der Waals surface area contributed by atoms with Crippen LogP contribution < -0.4 is 0 Å². The molecule has 0 radical (unpaired) electrons. The van der Waals surface area contributed by atoms with Crippen molar-refractivity contribution in [1.82, 2.24) is 4.31 Å². The lowest BCUT2D eigenvalue weighted by Crippen LogP contribution is -2.46. The normalized spacial score (nSPS) is 21.8. The lowest BCUT2D eigenvalue weighted by Gasteiger charge is -2.36. The van der Waals surface area contributed by atoms with Crippen LogP contribution >= 0.6 is 0 Å². The van der Waals surface area contributed by atoms with Crippen LogP contribution in [0.3, 0.4) is 0 Å². The number of aliphatic hydroxyl groups is 1. The van der Waals surface area contributed by atoms with Gasteiger partial charge in [-0.1, -0.05) is 54.6 Å². The van der Waals surface area contributed by atoms with Crippen LogP contribution in [0, 0.1) is 12.8 Å². The average Bonchev–Trinajstić information content (AvgIpc) is 2.62. The first-order valence-corrected chi connectivity index (χ1v) is 9.82. The summed E-state index contributed by atoms with van der Waals surface area (Å²) in [6, 6.07) is 16.5. The number of rotatable bonds is 4. The zero-order valence-electron chi connectivity index (χ0n) is 14.3. The van der Waals surface area contributed by atoms with Crippen molar-refractivity contribution in [3.63, 3.8) is 0 Å². The number of aliphatic hydroxyl groups excluding tert-OH is 1. The molecule has 132 valence electrons. The van der Waals surface area contributed by atoms with Crippen LogP contribution in [0.2, 0.25) is 0 Å². The van der Waals surface area contributed by atoms with Crippen molar-refractivity contribution >= 4 is 15.6 Å². The molecule has 1 aliphatic heterocycles. The molecule has 0 aromatic heterocycles. The minimum absolute atomic E-state index is 0.241. The molecule has 5 heteroatoms. The highest BCUT2D eigenvalue weighted by atomic mass is 32.2. The maximum absolute atomic E-state index is 12.9. The summed E-state index contributed by atoms with van der Waals surface area (Å²) in [7, 11) is -3.57. The van der Waals surface area contributed by atoms with Crippen LogP contribution in [0.1, 0.15) is 17.5 Å². The van der Waals surface area contributed by atoms with Crippen molar-refractivity contribution in [2.75, 3.05) is 13.1 Å². The molecular weight excluding hydrogens is 334 g/mol. The molecule has 0 unspecified atom stereocenters. The third-order valence-corrected chi connectivity index (χ3v) is 6.67. The van der Waals surface area contributed by atoms with Gasteiger partial charge in [-0.05, 0) is 36.6 Å². The second-order valence-electron chi connectivity index (χ2n) is 6.53. The largest absolute Gasteiger partial charge is 0.392 e. The van der Waals surface area contributed by atoms with Gasteiger partial charge >= 0.3 is 0 Å². The van der Waals surface area contributed by atoms with E-state index in [-0.39, 0.29) is 12.5 Å². The molecule has 1 fully saturated rings. The van der Waals surface area contributed by atoms with E-state index >= 15 is 0 Å². The van der Waals surface area contributed by atoms with E-state index in [1.165, 1.54) is 4.31 Å². The quantitative estimate of drug-likeness (QED) is 0.915. The number of nitrogens with zero attached hydrogens (tertiary/aromatic N) is 1. The van der Waals surface area contributed by atoms with Crippen molar-refractivity contribution in [3.05, 3.63) is 72.3 Å². The summed E-state index contributed by atoms with van der Waals surface area (Å²) in [6.45, 7) is 6.60. The van der Waals surface area contributed by atoms with E-state index in [9.17, 15) is 13.5 Å². The van der Waals surface area contributed by atoms with E-state index < -0.39 is 16.1 Å². The molecule has 0 saturated carbocycles. The van der Waals surface area contributed by atoms with Gasteiger partial charge in [-0.25, -0.2) is 8.42 Å². The van der Waals surface area contributed by atoms with Gasteiger partial charge in [0.2, 0.25) is 10.0 Å². The first-order chi connectivity index (χ1) is 11.9. The van der Waals surface area contributed by atoms with Gasteiger partial charge in [-0.3, -0.25) is 0 Å². The highest BCUT2D eigenvalue weighted by Gasteiger charge is 2.36. The molecule has 1 saturated heterocycles. The molecule has 0 spiro atoms. The standard InChI is InChI=1S/C20H23NO3S/c1-15-8-10-18(11-9-15)25(23,24)21-13-12-20(22)19(14-21)16(2)17-6-4-3-5-7-17/h3-11,19-20,22H,2,12-14H2,1H3/t19-,20-/m1/s1. The third kappa shape index (κ3) is 3.68. The Kier molecular flexibility index (Phi) is 5.08. The molecule has 4 nitrogen and oxygen atoms in total. The van der Waals surface area contributed by atoms with Gasteiger partial charge in [0.1, 0.15) is 0 Å². The Morgan fingerprint density at radius 3 is 2.40 bits per heavy atom. The fourth-order valence-corrected chi connectivity index (χ4v) is 4.68. The lowest BCUT2D eigenvalue weighted by atomic mass is 9.86. The first kappa shape index (κ1) is 17.9. The number of hydrogen-bond acceptors (Lipinski definition) is 3. The molecule has 2 atom stereocenters. The molecule has 3 rings (SSSR count). The van der Waals surface area contributed by atoms with Crippen molar-refractivity contribution in [2.45, 2.75) is 24.3 Å². The summed E-state index contributed by atoms with van der Waals surface area (Å²) in [5.74, 6) is -0.309. The van der Waals surface area contributed by atoms with Gasteiger partial charge in [0, 0.05) is 19.0 Å².